The van der Waals surface area contributed by atoms with Crippen LogP contribution in [0.25, 0.3) is 10.8 Å². The Kier molecular flexibility index (Phi) is 6.32. The molecule has 2 heterocycles. The van der Waals surface area contributed by atoms with Crippen LogP contribution in [-0.4, -0.2) is 22.7 Å². The number of aromatic nitrogens is 1. The number of carbonyl (C=O) groups is 1. The van der Waals surface area contributed by atoms with E-state index in [0.717, 1.165) is 35.1 Å². The zero-order valence-electron chi connectivity index (χ0n) is 12.3. The van der Waals surface area contributed by atoms with Gasteiger partial charge in [0.25, 0.3) is 0 Å². The molecule has 4 nitrogen and oxygen atoms in total. The van der Waals surface area contributed by atoms with Gasteiger partial charge in [0.2, 0.25) is 5.91 Å². The lowest BCUT2D eigenvalue weighted by molar-refractivity contribution is -0.119. The minimum absolute atomic E-state index is 0.0995. The van der Waals surface area contributed by atoms with Crippen molar-refractivity contribution in [1.82, 2.24) is 10.3 Å². The Morgan fingerprint density at radius 3 is 3.14 bits per heavy atom. The van der Waals surface area contributed by atoms with E-state index in [1.165, 1.54) is 0 Å². The van der Waals surface area contributed by atoms with Crippen molar-refractivity contribution >= 4 is 29.0 Å². The highest BCUT2D eigenvalue weighted by Gasteiger charge is 2.09. The molecule has 2 aromatic heterocycles. The van der Waals surface area contributed by atoms with Gasteiger partial charge in [0.05, 0.1) is 17.7 Å². The lowest BCUT2D eigenvalue weighted by Crippen LogP contribution is -2.33. The number of thioether (sulfide) groups is 1. The third kappa shape index (κ3) is 5.21. The summed E-state index contributed by atoms with van der Waals surface area (Å²) >= 11 is 3.15. The summed E-state index contributed by atoms with van der Waals surface area (Å²) in [5, 5.41) is 5.90. The Hall–Kier alpha value is -1.27. The van der Waals surface area contributed by atoms with Gasteiger partial charge in [-0.1, -0.05) is 13.3 Å². The molecule has 0 saturated heterocycles. The van der Waals surface area contributed by atoms with Gasteiger partial charge in [-0.25, -0.2) is 4.98 Å². The van der Waals surface area contributed by atoms with Gasteiger partial charge in [0.15, 0.2) is 10.8 Å². The standard InChI is InChI=1S/C15H20N2O2S2/c1-3-5-11(2)16-14(18)10-20-8-12-9-21-15(17-12)13-6-4-7-19-13/h4,6-7,9,11H,3,5,8,10H2,1-2H3,(H,16,18)/t11-/m1/s1. The Morgan fingerprint density at radius 1 is 1.57 bits per heavy atom. The van der Waals surface area contributed by atoms with E-state index in [9.17, 15) is 4.79 Å². The van der Waals surface area contributed by atoms with E-state index in [0.29, 0.717) is 5.75 Å². The zero-order chi connectivity index (χ0) is 15.1. The molecule has 6 heteroatoms. The molecule has 0 fully saturated rings. The molecule has 0 unspecified atom stereocenters. The van der Waals surface area contributed by atoms with Crippen molar-refractivity contribution in [2.24, 2.45) is 0 Å². The van der Waals surface area contributed by atoms with Crippen LogP contribution in [0.1, 0.15) is 32.4 Å². The van der Waals surface area contributed by atoms with Gasteiger partial charge in [-0.3, -0.25) is 4.79 Å². The molecule has 0 aliphatic rings. The molecule has 0 spiro atoms. The van der Waals surface area contributed by atoms with Crippen LogP contribution < -0.4 is 5.32 Å². The largest absolute Gasteiger partial charge is 0.462 e. The van der Waals surface area contributed by atoms with Gasteiger partial charge in [-0.15, -0.1) is 23.1 Å². The average molecular weight is 324 g/mol. The van der Waals surface area contributed by atoms with Gasteiger partial charge in [-0.05, 0) is 25.5 Å². The molecule has 114 valence electrons. The molecule has 2 rings (SSSR count). The SMILES string of the molecule is CCC[C@@H](C)NC(=O)CSCc1csc(-c2ccco2)n1. The Balaban J connectivity index is 1.73. The molecule has 0 saturated carbocycles. The topological polar surface area (TPSA) is 55.1 Å². The monoisotopic (exact) mass is 324 g/mol. The average Bonchev–Trinajstić information content (AvgIpc) is 3.09. The number of rotatable bonds is 8. The molecular formula is C15H20N2O2S2. The van der Waals surface area contributed by atoms with Gasteiger partial charge in [-0.2, -0.15) is 0 Å². The third-order valence-electron chi connectivity index (χ3n) is 2.90. The highest BCUT2D eigenvalue weighted by atomic mass is 32.2. The zero-order valence-corrected chi connectivity index (χ0v) is 13.9. The molecule has 0 radical (unpaired) electrons. The van der Waals surface area contributed by atoms with Crippen LogP contribution in [-0.2, 0) is 10.5 Å². The van der Waals surface area contributed by atoms with E-state index in [1.54, 1.807) is 29.4 Å². The Morgan fingerprint density at radius 2 is 2.43 bits per heavy atom. The quantitative estimate of drug-likeness (QED) is 0.799. The second-order valence-electron chi connectivity index (χ2n) is 4.87. The molecule has 1 amide bonds. The normalized spacial score (nSPS) is 12.3. The smallest absolute Gasteiger partial charge is 0.230 e. The fourth-order valence-electron chi connectivity index (χ4n) is 1.96. The number of nitrogens with zero attached hydrogens (tertiary/aromatic N) is 1. The predicted octanol–water partition coefficient (Wildman–Crippen LogP) is 3.94. The fourth-order valence-corrected chi connectivity index (χ4v) is 3.58. The van der Waals surface area contributed by atoms with E-state index in [4.69, 9.17) is 4.42 Å². The van der Waals surface area contributed by atoms with E-state index in [-0.39, 0.29) is 11.9 Å². The first kappa shape index (κ1) is 16.1. The van der Waals surface area contributed by atoms with Crippen molar-refractivity contribution in [2.45, 2.75) is 38.5 Å². The van der Waals surface area contributed by atoms with E-state index in [1.807, 2.05) is 24.4 Å². The second-order valence-corrected chi connectivity index (χ2v) is 6.72. The van der Waals surface area contributed by atoms with Crippen LogP contribution in [0.4, 0.5) is 0 Å². The number of thiazole rings is 1. The van der Waals surface area contributed by atoms with Crippen LogP contribution in [0.3, 0.4) is 0 Å². The van der Waals surface area contributed by atoms with E-state index < -0.39 is 0 Å². The summed E-state index contributed by atoms with van der Waals surface area (Å²) in [6.45, 7) is 4.17. The first-order valence-corrected chi connectivity index (χ1v) is 9.08. The number of amides is 1. The number of hydrogen-bond donors (Lipinski definition) is 1. The second kappa shape index (κ2) is 8.24. The Labute approximate surface area is 133 Å². The molecule has 1 atom stereocenters. The first-order chi connectivity index (χ1) is 10.2. The number of furan rings is 1. The highest BCUT2D eigenvalue weighted by Crippen LogP contribution is 2.25. The highest BCUT2D eigenvalue weighted by molar-refractivity contribution is 7.99. The Bertz CT molecular complexity index is 552. The van der Waals surface area contributed by atoms with Crippen LogP contribution in [0.2, 0.25) is 0 Å². The van der Waals surface area contributed by atoms with Crippen molar-refractivity contribution in [3.8, 4) is 10.8 Å². The summed E-state index contributed by atoms with van der Waals surface area (Å²) in [5.74, 6) is 2.11. The van der Waals surface area contributed by atoms with E-state index >= 15 is 0 Å². The van der Waals surface area contributed by atoms with Gasteiger partial charge >= 0.3 is 0 Å². The summed E-state index contributed by atoms with van der Waals surface area (Å²) in [5.41, 5.74) is 0.991. The summed E-state index contributed by atoms with van der Waals surface area (Å²) in [6.07, 6.45) is 3.75. The van der Waals surface area contributed by atoms with Crippen molar-refractivity contribution in [2.75, 3.05) is 5.75 Å². The number of hydrogen-bond acceptors (Lipinski definition) is 5. The maximum Gasteiger partial charge on any atom is 0.230 e. The molecule has 21 heavy (non-hydrogen) atoms. The van der Waals surface area contributed by atoms with Crippen LogP contribution in [0.15, 0.2) is 28.2 Å². The van der Waals surface area contributed by atoms with Crippen molar-refractivity contribution in [3.05, 3.63) is 29.5 Å². The van der Waals surface area contributed by atoms with E-state index in [2.05, 4.69) is 17.2 Å². The van der Waals surface area contributed by atoms with Crippen molar-refractivity contribution < 1.29 is 9.21 Å². The maximum atomic E-state index is 11.7. The first-order valence-electron chi connectivity index (χ1n) is 7.04. The van der Waals surface area contributed by atoms with Crippen LogP contribution >= 0.6 is 23.1 Å². The molecule has 1 N–H and O–H groups in total. The number of nitrogens with one attached hydrogen (secondary N) is 1. The molecule has 0 aliphatic heterocycles. The van der Waals surface area contributed by atoms with Crippen molar-refractivity contribution in [3.63, 3.8) is 0 Å². The lowest BCUT2D eigenvalue weighted by Gasteiger charge is -2.12. The summed E-state index contributed by atoms with van der Waals surface area (Å²) in [6, 6.07) is 4.01. The molecule has 2 aromatic rings. The summed E-state index contributed by atoms with van der Waals surface area (Å²) in [4.78, 5) is 16.3. The predicted molar refractivity (Wildman–Crippen MR) is 88.5 cm³/mol. The summed E-state index contributed by atoms with van der Waals surface area (Å²) in [7, 11) is 0. The van der Waals surface area contributed by atoms with Gasteiger partial charge in [0.1, 0.15) is 0 Å². The fraction of sp³-hybridized carbons (Fsp3) is 0.467. The van der Waals surface area contributed by atoms with Crippen LogP contribution in [0, 0.1) is 0 Å². The third-order valence-corrected chi connectivity index (χ3v) is 4.77. The maximum absolute atomic E-state index is 11.7. The van der Waals surface area contributed by atoms with Gasteiger partial charge < -0.3 is 9.73 Å². The lowest BCUT2D eigenvalue weighted by atomic mass is 10.2. The molecular weight excluding hydrogens is 304 g/mol. The molecule has 0 aliphatic carbocycles. The minimum atomic E-state index is 0.0995. The number of carbonyl (C=O) groups excluding carboxylic acids is 1. The van der Waals surface area contributed by atoms with Crippen LogP contribution in [0.5, 0.6) is 0 Å². The van der Waals surface area contributed by atoms with Gasteiger partial charge in [0, 0.05) is 17.2 Å². The minimum Gasteiger partial charge on any atom is -0.462 e. The molecule has 0 bridgehead atoms. The summed E-state index contributed by atoms with van der Waals surface area (Å²) < 4.78 is 5.32. The van der Waals surface area contributed by atoms with Crippen molar-refractivity contribution in [1.29, 1.82) is 0 Å². The molecule has 0 aromatic carbocycles.